The van der Waals surface area contributed by atoms with Gasteiger partial charge in [-0.05, 0) is 46.7 Å². The summed E-state index contributed by atoms with van der Waals surface area (Å²) in [6.07, 6.45) is 1.65. The van der Waals surface area contributed by atoms with Gasteiger partial charge in [0.05, 0.1) is 19.8 Å². The lowest BCUT2D eigenvalue weighted by atomic mass is 9.81. The van der Waals surface area contributed by atoms with E-state index in [9.17, 15) is 0 Å². The molecule has 7 nitrogen and oxygen atoms in total. The molecular formula is C30H21BrN4O3. The Morgan fingerprint density at radius 2 is 1.68 bits per heavy atom. The van der Waals surface area contributed by atoms with Crippen molar-refractivity contribution in [2.45, 2.75) is 5.92 Å². The van der Waals surface area contributed by atoms with Crippen molar-refractivity contribution in [2.24, 2.45) is 0 Å². The van der Waals surface area contributed by atoms with Gasteiger partial charge in [-0.3, -0.25) is 0 Å². The molecule has 0 saturated heterocycles. The highest BCUT2D eigenvalue weighted by Crippen LogP contribution is 2.51. The molecule has 2 aromatic heterocycles. The second kappa shape index (κ2) is 8.85. The van der Waals surface area contributed by atoms with Crippen LogP contribution in [0.4, 0.5) is 0 Å². The summed E-state index contributed by atoms with van der Waals surface area (Å²) in [5.74, 6) is 2.94. The van der Waals surface area contributed by atoms with Gasteiger partial charge in [-0.25, -0.2) is 14.5 Å². The van der Waals surface area contributed by atoms with Gasteiger partial charge < -0.3 is 14.2 Å². The molecule has 0 fully saturated rings. The number of hydrogen-bond donors (Lipinski definition) is 0. The average molecular weight is 565 g/mol. The predicted molar refractivity (Wildman–Crippen MR) is 148 cm³/mol. The zero-order valence-corrected chi connectivity index (χ0v) is 22.1. The monoisotopic (exact) mass is 564 g/mol. The third-order valence-corrected chi connectivity index (χ3v) is 7.65. The smallest absolute Gasteiger partial charge is 0.228 e. The maximum atomic E-state index is 6.43. The van der Waals surface area contributed by atoms with Gasteiger partial charge in [-0.1, -0.05) is 64.5 Å². The number of nitrogens with zero attached hydrogens (tertiary/aromatic N) is 4. The molecule has 1 atom stereocenters. The van der Waals surface area contributed by atoms with Crippen LogP contribution in [0.5, 0.6) is 23.1 Å². The van der Waals surface area contributed by atoms with Crippen molar-refractivity contribution in [1.82, 2.24) is 19.6 Å². The van der Waals surface area contributed by atoms with Crippen molar-refractivity contribution >= 4 is 32.3 Å². The summed E-state index contributed by atoms with van der Waals surface area (Å²) in [7, 11) is 3.28. The normalized spacial score (nSPS) is 14.1. The summed E-state index contributed by atoms with van der Waals surface area (Å²) in [6.45, 7) is 0. The van der Waals surface area contributed by atoms with Gasteiger partial charge in [0.2, 0.25) is 5.88 Å². The van der Waals surface area contributed by atoms with Crippen molar-refractivity contribution in [2.75, 3.05) is 14.2 Å². The highest BCUT2D eigenvalue weighted by Gasteiger charge is 2.35. The van der Waals surface area contributed by atoms with Crippen LogP contribution in [0.2, 0.25) is 0 Å². The van der Waals surface area contributed by atoms with Gasteiger partial charge >= 0.3 is 0 Å². The number of hydrogen-bond acceptors (Lipinski definition) is 6. The Bertz CT molecular complexity index is 1870. The molecule has 0 aliphatic carbocycles. The van der Waals surface area contributed by atoms with E-state index in [1.165, 1.54) is 0 Å². The first-order valence-electron chi connectivity index (χ1n) is 12.1. The molecule has 0 spiro atoms. The van der Waals surface area contributed by atoms with Crippen LogP contribution >= 0.6 is 15.9 Å². The largest absolute Gasteiger partial charge is 0.493 e. The Balaban J connectivity index is 1.54. The quantitative estimate of drug-likeness (QED) is 0.229. The SMILES string of the molecule is COc1ccc(C2c3c(ccc4ccccc34)Oc3ncn4nc(-c5ccccc5Br)nc4c32)cc1OC. The maximum absolute atomic E-state index is 6.43. The Kier molecular flexibility index (Phi) is 5.30. The molecule has 186 valence electrons. The third kappa shape index (κ3) is 3.44. The summed E-state index contributed by atoms with van der Waals surface area (Å²) in [5.41, 5.74) is 4.47. The lowest BCUT2D eigenvalue weighted by molar-refractivity contribution is 0.354. The van der Waals surface area contributed by atoms with E-state index in [1.807, 2.05) is 54.6 Å². The third-order valence-electron chi connectivity index (χ3n) is 6.96. The van der Waals surface area contributed by atoms with Crippen LogP contribution in [0.1, 0.15) is 22.6 Å². The van der Waals surface area contributed by atoms with E-state index < -0.39 is 0 Å². The number of benzene rings is 4. The van der Waals surface area contributed by atoms with Gasteiger partial charge in [-0.15, -0.1) is 5.10 Å². The fourth-order valence-electron chi connectivity index (χ4n) is 5.23. The molecule has 1 aliphatic heterocycles. The molecule has 3 heterocycles. The van der Waals surface area contributed by atoms with E-state index in [-0.39, 0.29) is 5.92 Å². The Morgan fingerprint density at radius 1 is 0.868 bits per heavy atom. The Morgan fingerprint density at radius 3 is 2.53 bits per heavy atom. The van der Waals surface area contributed by atoms with E-state index in [0.717, 1.165) is 43.2 Å². The van der Waals surface area contributed by atoms with E-state index in [2.05, 4.69) is 45.2 Å². The molecule has 0 bridgehead atoms. The zero-order valence-electron chi connectivity index (χ0n) is 20.6. The molecule has 0 radical (unpaired) electrons. The lowest BCUT2D eigenvalue weighted by Gasteiger charge is -2.29. The van der Waals surface area contributed by atoms with Gasteiger partial charge in [0.25, 0.3) is 0 Å². The maximum Gasteiger partial charge on any atom is 0.228 e. The van der Waals surface area contributed by atoms with Crippen molar-refractivity contribution in [1.29, 1.82) is 0 Å². The molecule has 4 aromatic carbocycles. The van der Waals surface area contributed by atoms with Crippen LogP contribution in [-0.4, -0.2) is 33.8 Å². The first kappa shape index (κ1) is 22.7. The minimum Gasteiger partial charge on any atom is -0.493 e. The molecule has 7 rings (SSSR count). The fraction of sp³-hybridized carbons (Fsp3) is 0.100. The molecule has 0 amide bonds. The van der Waals surface area contributed by atoms with E-state index >= 15 is 0 Å². The van der Waals surface area contributed by atoms with Crippen LogP contribution in [0.3, 0.4) is 0 Å². The average Bonchev–Trinajstić information content (AvgIpc) is 3.40. The van der Waals surface area contributed by atoms with Gasteiger partial charge in [-0.2, -0.15) is 0 Å². The first-order chi connectivity index (χ1) is 18.7. The van der Waals surface area contributed by atoms with Crippen LogP contribution < -0.4 is 14.2 Å². The summed E-state index contributed by atoms with van der Waals surface area (Å²) in [4.78, 5) is 9.69. The summed E-state index contributed by atoms with van der Waals surface area (Å²) < 4.78 is 20.3. The second-order valence-electron chi connectivity index (χ2n) is 8.99. The van der Waals surface area contributed by atoms with Crippen molar-refractivity contribution in [3.8, 4) is 34.5 Å². The van der Waals surface area contributed by atoms with Crippen LogP contribution in [0, 0.1) is 0 Å². The molecular weight excluding hydrogens is 544 g/mol. The number of ether oxygens (including phenoxy) is 3. The van der Waals surface area contributed by atoms with Crippen LogP contribution in [0.15, 0.2) is 89.7 Å². The van der Waals surface area contributed by atoms with E-state index in [0.29, 0.717) is 28.9 Å². The zero-order chi connectivity index (χ0) is 25.8. The van der Waals surface area contributed by atoms with Gasteiger partial charge in [0, 0.05) is 21.5 Å². The van der Waals surface area contributed by atoms with Crippen molar-refractivity contribution < 1.29 is 14.2 Å². The Hall–Kier alpha value is -4.43. The molecule has 6 aromatic rings. The Labute approximate surface area is 226 Å². The van der Waals surface area contributed by atoms with Crippen molar-refractivity contribution in [3.05, 3.63) is 106 Å². The van der Waals surface area contributed by atoms with E-state index in [4.69, 9.17) is 24.3 Å². The number of halogens is 1. The number of methoxy groups -OCH3 is 2. The van der Waals surface area contributed by atoms with Crippen molar-refractivity contribution in [3.63, 3.8) is 0 Å². The highest BCUT2D eigenvalue weighted by molar-refractivity contribution is 9.10. The van der Waals surface area contributed by atoms with Crippen LogP contribution in [0.25, 0.3) is 27.8 Å². The molecule has 8 heteroatoms. The molecule has 0 N–H and O–H groups in total. The van der Waals surface area contributed by atoms with E-state index in [1.54, 1.807) is 25.1 Å². The summed E-state index contributed by atoms with van der Waals surface area (Å²) >= 11 is 3.64. The minimum atomic E-state index is -0.243. The van der Waals surface area contributed by atoms with Gasteiger partial charge in [0.15, 0.2) is 23.0 Å². The number of rotatable bonds is 4. The molecule has 0 saturated carbocycles. The molecule has 1 unspecified atom stereocenters. The minimum absolute atomic E-state index is 0.243. The predicted octanol–water partition coefficient (Wildman–Crippen LogP) is 7.01. The number of fused-ring (bicyclic) bond motifs is 6. The molecule has 38 heavy (non-hydrogen) atoms. The fourth-order valence-corrected chi connectivity index (χ4v) is 5.69. The summed E-state index contributed by atoms with van der Waals surface area (Å²) in [6, 6.07) is 26.3. The first-order valence-corrected chi connectivity index (χ1v) is 12.9. The van der Waals surface area contributed by atoms with Crippen LogP contribution in [-0.2, 0) is 0 Å². The molecule has 1 aliphatic rings. The topological polar surface area (TPSA) is 70.8 Å². The lowest BCUT2D eigenvalue weighted by Crippen LogP contribution is -2.15. The van der Waals surface area contributed by atoms with Gasteiger partial charge in [0.1, 0.15) is 12.1 Å². The number of aromatic nitrogens is 4. The standard InChI is InChI=1S/C30H21BrN4O3/c1-36-22-13-12-18(15-24(22)37-2)25-26-19-8-4-3-7-17(19)11-14-23(26)38-30-27(25)29-33-28(34-35(29)16-32-30)20-9-5-6-10-21(20)31/h3-16,25H,1-2H3. The second-order valence-corrected chi connectivity index (χ2v) is 9.85. The highest BCUT2D eigenvalue weighted by atomic mass is 79.9. The summed E-state index contributed by atoms with van der Waals surface area (Å²) in [5, 5.41) is 7.00.